The zero-order valence-corrected chi connectivity index (χ0v) is 18.0. The molecule has 1 fully saturated rings. The lowest BCUT2D eigenvalue weighted by atomic mass is 9.81. The first-order chi connectivity index (χ1) is 14.8. The largest absolute Gasteiger partial charge is 0.346 e. The van der Waals surface area contributed by atoms with Gasteiger partial charge in [0.1, 0.15) is 5.82 Å². The van der Waals surface area contributed by atoms with Gasteiger partial charge in [-0.3, -0.25) is 19.3 Å². The molecule has 0 aliphatic carbocycles. The van der Waals surface area contributed by atoms with Gasteiger partial charge in [-0.05, 0) is 31.5 Å². The molecule has 1 aliphatic rings. The second-order valence-electron chi connectivity index (χ2n) is 8.28. The highest BCUT2D eigenvalue weighted by Gasteiger charge is 2.49. The van der Waals surface area contributed by atoms with E-state index in [4.69, 9.17) is 0 Å². The number of amides is 3. The number of imide groups is 1. The molecule has 2 atom stereocenters. The van der Waals surface area contributed by atoms with E-state index in [0.717, 1.165) is 22.4 Å². The van der Waals surface area contributed by atoms with Crippen LogP contribution in [0.1, 0.15) is 44.1 Å². The lowest BCUT2D eigenvalue weighted by molar-refractivity contribution is -0.140. The van der Waals surface area contributed by atoms with Crippen LogP contribution >= 0.6 is 0 Å². The Hall–Kier alpha value is -3.48. The number of rotatable bonds is 6. The Morgan fingerprint density at radius 3 is 2.52 bits per heavy atom. The van der Waals surface area contributed by atoms with Gasteiger partial charge in [0.25, 0.3) is 0 Å². The van der Waals surface area contributed by atoms with E-state index in [1.54, 1.807) is 6.92 Å². The number of para-hydroxylation sites is 2. The molecule has 7 heteroatoms. The maximum Gasteiger partial charge on any atom is 0.240 e. The standard InChI is InChI=1S/C24H26N4O3/c1-16(22-26-18-11-7-8-12-19(18)27(22)3)25-20(29)13-14-28-21(30)15-24(2,23(28)31)17-9-5-4-6-10-17/h4-12,16H,13-15H2,1-3H3,(H,25,29)/t16-,24?/m0/s1. The Morgan fingerprint density at radius 2 is 1.81 bits per heavy atom. The van der Waals surface area contributed by atoms with Crippen molar-refractivity contribution in [3.05, 3.63) is 66.0 Å². The van der Waals surface area contributed by atoms with Gasteiger partial charge < -0.3 is 9.88 Å². The van der Waals surface area contributed by atoms with Gasteiger partial charge in [-0.1, -0.05) is 42.5 Å². The fourth-order valence-electron chi connectivity index (χ4n) is 4.29. The summed E-state index contributed by atoms with van der Waals surface area (Å²) in [6.45, 7) is 3.73. The molecular weight excluding hydrogens is 392 g/mol. The topological polar surface area (TPSA) is 84.3 Å². The van der Waals surface area contributed by atoms with E-state index in [1.165, 1.54) is 4.90 Å². The molecular formula is C24H26N4O3. The highest BCUT2D eigenvalue weighted by molar-refractivity contribution is 6.09. The van der Waals surface area contributed by atoms with E-state index in [1.807, 2.05) is 73.1 Å². The van der Waals surface area contributed by atoms with Crippen LogP contribution in [-0.4, -0.2) is 38.7 Å². The summed E-state index contributed by atoms with van der Waals surface area (Å²) in [6.07, 6.45) is 0.171. The summed E-state index contributed by atoms with van der Waals surface area (Å²) < 4.78 is 1.96. The Kier molecular flexibility index (Phi) is 5.35. The normalized spacial score (nSPS) is 19.8. The summed E-state index contributed by atoms with van der Waals surface area (Å²) in [6, 6.07) is 16.8. The van der Waals surface area contributed by atoms with Crippen molar-refractivity contribution in [2.75, 3.05) is 6.54 Å². The van der Waals surface area contributed by atoms with Crippen LogP contribution in [0.2, 0.25) is 0 Å². The first kappa shape index (κ1) is 20.8. The van der Waals surface area contributed by atoms with Crippen LogP contribution in [0, 0.1) is 0 Å². The van der Waals surface area contributed by atoms with Crippen molar-refractivity contribution in [3.8, 4) is 0 Å². The number of fused-ring (bicyclic) bond motifs is 1. The van der Waals surface area contributed by atoms with Crippen LogP contribution in [0.4, 0.5) is 0 Å². The maximum absolute atomic E-state index is 13.0. The average molecular weight is 418 g/mol. The molecule has 2 aromatic carbocycles. The summed E-state index contributed by atoms with van der Waals surface area (Å²) in [5.41, 5.74) is 1.80. The molecule has 2 heterocycles. The van der Waals surface area contributed by atoms with Crippen LogP contribution in [-0.2, 0) is 26.8 Å². The highest BCUT2D eigenvalue weighted by atomic mass is 16.2. The quantitative estimate of drug-likeness (QED) is 0.624. The molecule has 1 aliphatic heterocycles. The van der Waals surface area contributed by atoms with Crippen molar-refractivity contribution in [2.24, 2.45) is 7.05 Å². The number of imidazole rings is 1. The van der Waals surface area contributed by atoms with Crippen molar-refractivity contribution in [1.82, 2.24) is 19.8 Å². The fourth-order valence-corrected chi connectivity index (χ4v) is 4.29. The third kappa shape index (κ3) is 3.71. The Balaban J connectivity index is 1.40. The van der Waals surface area contributed by atoms with Gasteiger partial charge in [0.2, 0.25) is 17.7 Å². The maximum atomic E-state index is 13.0. The second-order valence-corrected chi connectivity index (χ2v) is 8.28. The van der Waals surface area contributed by atoms with Gasteiger partial charge in [-0.25, -0.2) is 4.98 Å². The zero-order chi connectivity index (χ0) is 22.2. The molecule has 31 heavy (non-hydrogen) atoms. The second kappa shape index (κ2) is 7.98. The molecule has 0 bridgehead atoms. The van der Waals surface area contributed by atoms with Gasteiger partial charge in [0.15, 0.2) is 0 Å². The average Bonchev–Trinajstić information content (AvgIpc) is 3.21. The fraction of sp³-hybridized carbons (Fsp3) is 0.333. The van der Waals surface area contributed by atoms with Gasteiger partial charge in [0, 0.05) is 26.4 Å². The third-order valence-electron chi connectivity index (χ3n) is 6.08. The number of carbonyl (C=O) groups is 3. The minimum Gasteiger partial charge on any atom is -0.346 e. The number of nitrogens with one attached hydrogen (secondary N) is 1. The van der Waals surface area contributed by atoms with Crippen LogP contribution in [0.3, 0.4) is 0 Å². The van der Waals surface area contributed by atoms with E-state index >= 15 is 0 Å². The summed E-state index contributed by atoms with van der Waals surface area (Å²) >= 11 is 0. The lowest BCUT2D eigenvalue weighted by Gasteiger charge is -2.22. The monoisotopic (exact) mass is 418 g/mol. The number of likely N-dealkylation sites (tertiary alicyclic amines) is 1. The van der Waals surface area contributed by atoms with Gasteiger partial charge in [0.05, 0.1) is 22.5 Å². The minimum atomic E-state index is -0.880. The molecule has 1 unspecified atom stereocenters. The van der Waals surface area contributed by atoms with Gasteiger partial charge in [-0.2, -0.15) is 0 Å². The smallest absolute Gasteiger partial charge is 0.240 e. The van der Waals surface area contributed by atoms with Crippen LogP contribution in [0.5, 0.6) is 0 Å². The Morgan fingerprint density at radius 1 is 1.13 bits per heavy atom. The van der Waals surface area contributed by atoms with E-state index in [0.29, 0.717) is 0 Å². The molecule has 3 aromatic rings. The molecule has 7 nitrogen and oxygen atoms in total. The van der Waals surface area contributed by atoms with E-state index in [9.17, 15) is 14.4 Å². The molecule has 3 amide bonds. The molecule has 0 saturated carbocycles. The first-order valence-corrected chi connectivity index (χ1v) is 10.4. The molecule has 1 N–H and O–H groups in total. The third-order valence-corrected chi connectivity index (χ3v) is 6.08. The summed E-state index contributed by atoms with van der Waals surface area (Å²) in [7, 11) is 1.92. The van der Waals surface area contributed by atoms with E-state index < -0.39 is 5.41 Å². The van der Waals surface area contributed by atoms with E-state index in [2.05, 4.69) is 10.3 Å². The molecule has 160 valence electrons. The number of hydrogen-bond donors (Lipinski definition) is 1. The van der Waals surface area contributed by atoms with Crippen molar-refractivity contribution < 1.29 is 14.4 Å². The van der Waals surface area contributed by atoms with Crippen molar-refractivity contribution in [2.45, 2.75) is 38.1 Å². The number of aryl methyl sites for hydroxylation is 1. The minimum absolute atomic E-state index is 0.0522. The predicted octanol–water partition coefficient (Wildman–Crippen LogP) is 2.86. The molecule has 0 spiro atoms. The van der Waals surface area contributed by atoms with Crippen LogP contribution in [0.15, 0.2) is 54.6 Å². The van der Waals surface area contributed by atoms with Gasteiger partial charge >= 0.3 is 0 Å². The predicted molar refractivity (Wildman–Crippen MR) is 117 cm³/mol. The van der Waals surface area contributed by atoms with E-state index in [-0.39, 0.29) is 43.1 Å². The molecule has 4 rings (SSSR count). The summed E-state index contributed by atoms with van der Waals surface area (Å²) in [5, 5.41) is 2.93. The Labute approximate surface area is 181 Å². The molecule has 1 saturated heterocycles. The van der Waals surface area contributed by atoms with Crippen LogP contribution < -0.4 is 5.32 Å². The first-order valence-electron chi connectivity index (χ1n) is 10.4. The SMILES string of the molecule is C[C@H](NC(=O)CCN1C(=O)CC(C)(c2ccccc2)C1=O)c1nc2ccccc2n1C. The summed E-state index contributed by atoms with van der Waals surface area (Å²) in [5.74, 6) is 0.0282. The van der Waals surface area contributed by atoms with Crippen LogP contribution in [0.25, 0.3) is 11.0 Å². The van der Waals surface area contributed by atoms with Crippen molar-refractivity contribution >= 4 is 28.8 Å². The van der Waals surface area contributed by atoms with Crippen molar-refractivity contribution in [1.29, 1.82) is 0 Å². The number of aromatic nitrogens is 2. The van der Waals surface area contributed by atoms with Gasteiger partial charge in [-0.15, -0.1) is 0 Å². The zero-order valence-electron chi connectivity index (χ0n) is 18.0. The molecule has 0 radical (unpaired) electrons. The Bertz CT molecular complexity index is 1150. The highest BCUT2D eigenvalue weighted by Crippen LogP contribution is 2.36. The summed E-state index contributed by atoms with van der Waals surface area (Å²) in [4.78, 5) is 43.9. The lowest BCUT2D eigenvalue weighted by Crippen LogP contribution is -2.39. The number of hydrogen-bond acceptors (Lipinski definition) is 4. The number of nitrogens with zero attached hydrogens (tertiary/aromatic N) is 3. The number of carbonyl (C=O) groups excluding carboxylic acids is 3. The number of benzene rings is 2. The molecule has 1 aromatic heterocycles. The van der Waals surface area contributed by atoms with Crippen molar-refractivity contribution in [3.63, 3.8) is 0 Å².